The number of benzene rings is 2. The van der Waals surface area contributed by atoms with Crippen molar-refractivity contribution in [3.05, 3.63) is 93.5 Å². The Bertz CT molecular complexity index is 872. The normalized spacial score (nSPS) is 13.4. The first-order valence-electron chi connectivity index (χ1n) is 9.07. The molecule has 2 N–H and O–H groups in total. The molecule has 0 aromatic heterocycles. The van der Waals surface area contributed by atoms with Crippen LogP contribution in [-0.4, -0.2) is 10.2 Å². The third-order valence-electron chi connectivity index (χ3n) is 4.20. The molecule has 0 bridgehead atoms. The first-order valence-corrected chi connectivity index (χ1v) is 9.82. The van der Waals surface area contributed by atoms with Crippen molar-refractivity contribution in [2.45, 2.75) is 38.4 Å². The van der Waals surface area contributed by atoms with Crippen molar-refractivity contribution in [1.29, 1.82) is 0 Å². The number of aliphatic hydroxyl groups excluding tert-OH is 2. The SMILES string of the molecule is C=C(C)CCC=C(C#CCC(O)c1ccc(Cl)cc1)C(O)c1ccc(Cl)cc1. The minimum atomic E-state index is -0.845. The molecule has 146 valence electrons. The molecule has 0 aliphatic heterocycles. The largest absolute Gasteiger partial charge is 0.387 e. The fourth-order valence-corrected chi connectivity index (χ4v) is 2.83. The average Bonchev–Trinajstić information content (AvgIpc) is 2.67. The Balaban J connectivity index is 2.15. The van der Waals surface area contributed by atoms with Crippen LogP contribution in [0.25, 0.3) is 0 Å². The summed E-state index contributed by atoms with van der Waals surface area (Å²) in [5.41, 5.74) is 3.15. The van der Waals surface area contributed by atoms with Gasteiger partial charge in [-0.25, -0.2) is 0 Å². The molecule has 0 heterocycles. The summed E-state index contributed by atoms with van der Waals surface area (Å²) in [4.78, 5) is 0. The highest BCUT2D eigenvalue weighted by Gasteiger charge is 2.12. The number of allylic oxidation sites excluding steroid dienone is 2. The predicted octanol–water partition coefficient (Wildman–Crippen LogP) is 6.44. The molecule has 0 aliphatic rings. The molecule has 0 saturated heterocycles. The van der Waals surface area contributed by atoms with E-state index in [0.717, 1.165) is 29.5 Å². The number of hydrogen-bond acceptors (Lipinski definition) is 2. The smallest absolute Gasteiger partial charge is 0.111 e. The third kappa shape index (κ3) is 7.19. The summed E-state index contributed by atoms with van der Waals surface area (Å²) in [6, 6.07) is 14.1. The second-order valence-electron chi connectivity index (χ2n) is 6.68. The average molecular weight is 415 g/mol. The quantitative estimate of drug-likeness (QED) is 0.404. The Morgan fingerprint density at radius 1 is 1.00 bits per heavy atom. The van der Waals surface area contributed by atoms with Crippen molar-refractivity contribution in [2.75, 3.05) is 0 Å². The molecular weight excluding hydrogens is 391 g/mol. The van der Waals surface area contributed by atoms with Crippen molar-refractivity contribution in [3.63, 3.8) is 0 Å². The summed E-state index contributed by atoms with van der Waals surface area (Å²) in [7, 11) is 0. The number of aliphatic hydroxyl groups is 2. The van der Waals surface area contributed by atoms with Gasteiger partial charge in [0.2, 0.25) is 0 Å². The highest BCUT2D eigenvalue weighted by atomic mass is 35.5. The highest BCUT2D eigenvalue weighted by molar-refractivity contribution is 6.30. The van der Waals surface area contributed by atoms with E-state index in [1.54, 1.807) is 48.5 Å². The maximum absolute atomic E-state index is 10.7. The van der Waals surface area contributed by atoms with E-state index in [0.29, 0.717) is 15.6 Å². The maximum Gasteiger partial charge on any atom is 0.111 e. The van der Waals surface area contributed by atoms with Gasteiger partial charge in [-0.05, 0) is 55.2 Å². The van der Waals surface area contributed by atoms with Gasteiger partial charge in [0.05, 0.1) is 6.10 Å². The van der Waals surface area contributed by atoms with Crippen LogP contribution >= 0.6 is 23.2 Å². The Morgan fingerprint density at radius 2 is 1.54 bits per heavy atom. The third-order valence-corrected chi connectivity index (χ3v) is 4.70. The molecular formula is C24H24Cl2O2. The van der Waals surface area contributed by atoms with E-state index in [1.807, 2.05) is 13.0 Å². The van der Waals surface area contributed by atoms with E-state index in [4.69, 9.17) is 23.2 Å². The lowest BCUT2D eigenvalue weighted by molar-refractivity contribution is 0.184. The van der Waals surface area contributed by atoms with Crippen LogP contribution in [0.4, 0.5) is 0 Å². The molecule has 0 radical (unpaired) electrons. The standard InChI is InChI=1S/C24H24Cl2O2/c1-17(2)5-3-6-19(24(28)20-11-15-22(26)16-12-20)7-4-8-23(27)18-9-13-21(25)14-10-18/h6,9-16,23-24,27-28H,1,3,5,8H2,2H3. The maximum atomic E-state index is 10.7. The fraction of sp³-hybridized carbons (Fsp3) is 0.250. The van der Waals surface area contributed by atoms with Crippen LogP contribution < -0.4 is 0 Å². The van der Waals surface area contributed by atoms with Crippen molar-refractivity contribution in [3.8, 4) is 11.8 Å². The fourth-order valence-electron chi connectivity index (χ4n) is 2.58. The van der Waals surface area contributed by atoms with E-state index in [1.165, 1.54) is 0 Å². The second kappa shape index (κ2) is 11.1. The first kappa shape index (κ1) is 22.3. The van der Waals surface area contributed by atoms with Crippen molar-refractivity contribution >= 4 is 23.2 Å². The monoisotopic (exact) mass is 414 g/mol. The summed E-state index contributed by atoms with van der Waals surface area (Å²) < 4.78 is 0. The van der Waals surface area contributed by atoms with E-state index in [2.05, 4.69) is 18.4 Å². The van der Waals surface area contributed by atoms with Gasteiger partial charge in [0, 0.05) is 22.0 Å². The zero-order valence-corrected chi connectivity index (χ0v) is 17.3. The Labute approximate surface area is 177 Å². The van der Waals surface area contributed by atoms with Crippen molar-refractivity contribution in [2.24, 2.45) is 0 Å². The zero-order valence-electron chi connectivity index (χ0n) is 15.8. The van der Waals surface area contributed by atoms with Crippen LogP contribution in [0.1, 0.15) is 49.5 Å². The van der Waals surface area contributed by atoms with Crippen LogP contribution in [0.3, 0.4) is 0 Å². The van der Waals surface area contributed by atoms with Gasteiger partial charge in [-0.1, -0.05) is 71.0 Å². The first-order chi connectivity index (χ1) is 13.4. The molecule has 0 aliphatic carbocycles. The molecule has 0 amide bonds. The van der Waals surface area contributed by atoms with Gasteiger partial charge in [-0.2, -0.15) is 0 Å². The summed E-state index contributed by atoms with van der Waals surface area (Å²) in [6.45, 7) is 5.87. The second-order valence-corrected chi connectivity index (χ2v) is 7.56. The molecule has 2 aromatic rings. The van der Waals surface area contributed by atoms with Crippen LogP contribution in [0.15, 0.2) is 72.3 Å². The van der Waals surface area contributed by atoms with Crippen LogP contribution in [0.2, 0.25) is 10.0 Å². The van der Waals surface area contributed by atoms with E-state index in [-0.39, 0.29) is 6.42 Å². The molecule has 2 unspecified atom stereocenters. The number of rotatable bonds is 7. The van der Waals surface area contributed by atoms with Gasteiger partial charge in [0.25, 0.3) is 0 Å². The lowest BCUT2D eigenvalue weighted by atomic mass is 9.99. The molecule has 4 heteroatoms. The lowest BCUT2D eigenvalue weighted by Gasteiger charge is -2.12. The van der Waals surface area contributed by atoms with E-state index < -0.39 is 12.2 Å². The molecule has 0 spiro atoms. The molecule has 2 nitrogen and oxygen atoms in total. The topological polar surface area (TPSA) is 40.5 Å². The van der Waals surface area contributed by atoms with Gasteiger partial charge in [-0.15, -0.1) is 6.58 Å². The molecule has 2 rings (SSSR count). The number of halogens is 2. The van der Waals surface area contributed by atoms with Gasteiger partial charge in [0.15, 0.2) is 0 Å². The minimum absolute atomic E-state index is 0.257. The molecule has 0 fully saturated rings. The zero-order chi connectivity index (χ0) is 20.5. The summed E-state index contributed by atoms with van der Waals surface area (Å²) in [6.07, 6.45) is 2.19. The molecule has 2 atom stereocenters. The molecule has 2 aromatic carbocycles. The van der Waals surface area contributed by atoms with Gasteiger partial charge < -0.3 is 10.2 Å². The van der Waals surface area contributed by atoms with E-state index >= 15 is 0 Å². The summed E-state index contributed by atoms with van der Waals surface area (Å²) >= 11 is 11.8. The summed E-state index contributed by atoms with van der Waals surface area (Å²) in [5.74, 6) is 6.02. The van der Waals surface area contributed by atoms with Crippen LogP contribution in [0, 0.1) is 11.8 Å². The van der Waals surface area contributed by atoms with Crippen molar-refractivity contribution < 1.29 is 10.2 Å². The Morgan fingerprint density at radius 3 is 2.07 bits per heavy atom. The Hall–Kier alpha value is -2.02. The van der Waals surface area contributed by atoms with Gasteiger partial charge in [0.1, 0.15) is 6.10 Å². The highest BCUT2D eigenvalue weighted by Crippen LogP contribution is 2.24. The van der Waals surface area contributed by atoms with E-state index in [9.17, 15) is 10.2 Å². The molecule has 0 saturated carbocycles. The van der Waals surface area contributed by atoms with Crippen molar-refractivity contribution in [1.82, 2.24) is 0 Å². The molecule has 28 heavy (non-hydrogen) atoms. The van der Waals surface area contributed by atoms with Gasteiger partial charge >= 0.3 is 0 Å². The Kier molecular flexibility index (Phi) is 8.83. The van der Waals surface area contributed by atoms with Crippen LogP contribution in [0.5, 0.6) is 0 Å². The van der Waals surface area contributed by atoms with Gasteiger partial charge in [-0.3, -0.25) is 0 Å². The lowest BCUT2D eigenvalue weighted by Crippen LogP contribution is -2.01. The minimum Gasteiger partial charge on any atom is -0.387 e. The van der Waals surface area contributed by atoms with Crippen LogP contribution in [-0.2, 0) is 0 Å². The number of hydrogen-bond donors (Lipinski definition) is 2. The predicted molar refractivity (Wildman–Crippen MR) is 117 cm³/mol. The summed E-state index contributed by atoms with van der Waals surface area (Å²) in [5, 5.41) is 22.3.